The molecule has 3 aromatic rings. The van der Waals surface area contributed by atoms with E-state index < -0.39 is 0 Å². The first-order valence-corrected chi connectivity index (χ1v) is 10.4. The predicted molar refractivity (Wildman–Crippen MR) is 113 cm³/mol. The number of aryl methyl sites for hydroxylation is 1. The van der Waals surface area contributed by atoms with E-state index >= 15 is 0 Å². The zero-order chi connectivity index (χ0) is 20.5. The first-order chi connectivity index (χ1) is 14.7. The Hall–Kier alpha value is -3.12. The number of benzene rings is 2. The van der Waals surface area contributed by atoms with E-state index in [2.05, 4.69) is 29.4 Å². The number of fused-ring (bicyclic) bond motifs is 1. The van der Waals surface area contributed by atoms with Crippen LogP contribution >= 0.6 is 0 Å². The molecule has 1 unspecified atom stereocenters. The number of aromatic nitrogens is 2. The van der Waals surface area contributed by atoms with Crippen LogP contribution in [0.2, 0.25) is 0 Å². The topological polar surface area (TPSA) is 56.6 Å². The highest BCUT2D eigenvalue weighted by molar-refractivity contribution is 6.01. The van der Waals surface area contributed by atoms with Crippen LogP contribution in [-0.4, -0.2) is 39.9 Å². The maximum absolute atomic E-state index is 13.2. The summed E-state index contributed by atoms with van der Waals surface area (Å²) in [6, 6.07) is 14.2. The van der Waals surface area contributed by atoms with Gasteiger partial charge in [0.15, 0.2) is 0 Å². The third-order valence-corrected chi connectivity index (χ3v) is 5.75. The van der Waals surface area contributed by atoms with Crippen LogP contribution in [0.3, 0.4) is 0 Å². The van der Waals surface area contributed by atoms with Crippen molar-refractivity contribution in [2.45, 2.75) is 32.0 Å². The van der Waals surface area contributed by atoms with Crippen LogP contribution in [0.4, 0.5) is 0 Å². The second-order valence-corrected chi connectivity index (χ2v) is 8.01. The molecule has 154 valence electrons. The van der Waals surface area contributed by atoms with Gasteiger partial charge in [0, 0.05) is 38.5 Å². The summed E-state index contributed by atoms with van der Waals surface area (Å²) in [5, 5.41) is 4.23. The Labute approximate surface area is 176 Å². The summed E-state index contributed by atoms with van der Waals surface area (Å²) in [5.74, 6) is 0.719. The van der Waals surface area contributed by atoms with Gasteiger partial charge < -0.3 is 14.4 Å². The molecule has 2 aromatic carbocycles. The summed E-state index contributed by atoms with van der Waals surface area (Å²) >= 11 is 0. The summed E-state index contributed by atoms with van der Waals surface area (Å²) in [6.07, 6.45) is 5.83. The van der Waals surface area contributed by atoms with E-state index in [4.69, 9.17) is 9.47 Å². The second-order valence-electron chi connectivity index (χ2n) is 8.01. The van der Waals surface area contributed by atoms with Gasteiger partial charge in [-0.2, -0.15) is 5.10 Å². The van der Waals surface area contributed by atoms with Crippen LogP contribution in [-0.2, 0) is 24.9 Å². The molecule has 1 saturated heterocycles. The van der Waals surface area contributed by atoms with E-state index in [1.54, 1.807) is 4.68 Å². The summed E-state index contributed by atoms with van der Waals surface area (Å²) in [6.45, 7) is 2.56. The summed E-state index contributed by atoms with van der Waals surface area (Å²) in [7, 11) is 1.91. The number of nitrogens with zero attached hydrogens (tertiary/aromatic N) is 3. The van der Waals surface area contributed by atoms with E-state index in [0.717, 1.165) is 41.7 Å². The highest BCUT2D eigenvalue weighted by atomic mass is 16.5. The van der Waals surface area contributed by atoms with Gasteiger partial charge in [-0.25, -0.2) is 0 Å². The number of amides is 1. The molecule has 30 heavy (non-hydrogen) atoms. The summed E-state index contributed by atoms with van der Waals surface area (Å²) < 4.78 is 13.5. The molecule has 5 rings (SSSR count). The van der Waals surface area contributed by atoms with Crippen LogP contribution in [0.5, 0.6) is 5.75 Å². The third-order valence-electron chi connectivity index (χ3n) is 5.75. The Bertz CT molecular complexity index is 1050. The molecule has 0 saturated carbocycles. The van der Waals surface area contributed by atoms with Gasteiger partial charge >= 0.3 is 0 Å². The predicted octanol–water partition coefficient (Wildman–Crippen LogP) is 3.80. The monoisotopic (exact) mass is 403 g/mol. The lowest BCUT2D eigenvalue weighted by Crippen LogP contribution is -2.29. The van der Waals surface area contributed by atoms with E-state index in [0.29, 0.717) is 31.0 Å². The third kappa shape index (κ3) is 3.71. The number of hydrogen-bond acceptors (Lipinski definition) is 4. The number of carbonyl (C=O) groups is 1. The Kier molecular flexibility index (Phi) is 5.01. The molecule has 6 nitrogen and oxygen atoms in total. The summed E-state index contributed by atoms with van der Waals surface area (Å²) in [5.41, 5.74) is 5.04. The molecule has 0 N–H and O–H groups in total. The Morgan fingerprint density at radius 2 is 2.03 bits per heavy atom. The zero-order valence-electron chi connectivity index (χ0n) is 17.1. The molecule has 3 heterocycles. The van der Waals surface area contributed by atoms with Gasteiger partial charge in [-0.15, -0.1) is 0 Å². The van der Waals surface area contributed by atoms with E-state index in [1.807, 2.05) is 42.5 Å². The van der Waals surface area contributed by atoms with Crippen molar-refractivity contribution in [2.24, 2.45) is 7.05 Å². The minimum atomic E-state index is 0.0205. The first-order valence-electron chi connectivity index (χ1n) is 10.4. The van der Waals surface area contributed by atoms with Gasteiger partial charge in [0.1, 0.15) is 11.9 Å². The summed E-state index contributed by atoms with van der Waals surface area (Å²) in [4.78, 5) is 15.0. The van der Waals surface area contributed by atoms with Crippen molar-refractivity contribution in [3.63, 3.8) is 0 Å². The quantitative estimate of drug-likeness (QED) is 0.650. The average molecular weight is 403 g/mol. The van der Waals surface area contributed by atoms with E-state index in [-0.39, 0.29) is 12.0 Å². The molecule has 1 amide bonds. The van der Waals surface area contributed by atoms with Crippen LogP contribution in [0, 0.1) is 0 Å². The molecule has 1 atom stereocenters. The van der Waals surface area contributed by atoms with Crippen LogP contribution in [0.25, 0.3) is 11.1 Å². The molecular formula is C24H25N3O3. The molecule has 1 aromatic heterocycles. The zero-order valence-corrected chi connectivity index (χ0v) is 17.1. The fourth-order valence-electron chi connectivity index (χ4n) is 4.19. The van der Waals surface area contributed by atoms with Crippen molar-refractivity contribution in [3.05, 3.63) is 71.5 Å². The first kappa shape index (κ1) is 18.9. The number of hydrogen-bond donors (Lipinski definition) is 0. The molecule has 2 aliphatic heterocycles. The maximum atomic E-state index is 13.2. The highest BCUT2D eigenvalue weighted by Crippen LogP contribution is 2.33. The van der Waals surface area contributed by atoms with E-state index in [9.17, 15) is 4.79 Å². The molecule has 2 aliphatic rings. The SMILES string of the molecule is Cn1cc(-c2ccc(CN3Cc4cccc(OC5CCCOC5)c4C3=O)cc2)cn1. The highest BCUT2D eigenvalue weighted by Gasteiger charge is 2.31. The van der Waals surface area contributed by atoms with Crippen molar-refractivity contribution in [1.29, 1.82) is 0 Å². The number of rotatable bonds is 5. The molecule has 0 bridgehead atoms. The fraction of sp³-hybridized carbons (Fsp3) is 0.333. The Balaban J connectivity index is 1.30. The van der Waals surface area contributed by atoms with E-state index in [1.165, 1.54) is 0 Å². The van der Waals surface area contributed by atoms with Crippen LogP contribution in [0.15, 0.2) is 54.9 Å². The van der Waals surface area contributed by atoms with Gasteiger partial charge in [-0.1, -0.05) is 36.4 Å². The number of ether oxygens (including phenoxy) is 2. The minimum absolute atomic E-state index is 0.0205. The average Bonchev–Trinajstić information content (AvgIpc) is 3.33. The lowest BCUT2D eigenvalue weighted by Gasteiger charge is -2.24. The normalized spacial score (nSPS) is 18.5. The van der Waals surface area contributed by atoms with Crippen molar-refractivity contribution in [1.82, 2.24) is 14.7 Å². The van der Waals surface area contributed by atoms with Crippen molar-refractivity contribution < 1.29 is 14.3 Å². The number of carbonyl (C=O) groups excluding carboxylic acids is 1. The standard InChI is InChI=1S/C24H25N3O3/c1-26-14-20(12-25-26)18-9-7-17(8-10-18)13-27-15-19-4-2-6-22(23(19)24(27)28)30-21-5-3-11-29-16-21/h2,4,6-10,12,14,21H,3,5,11,13,15-16H2,1H3. The fourth-order valence-corrected chi connectivity index (χ4v) is 4.19. The van der Waals surface area contributed by atoms with Crippen molar-refractivity contribution in [3.8, 4) is 16.9 Å². The molecular weight excluding hydrogens is 378 g/mol. The maximum Gasteiger partial charge on any atom is 0.258 e. The van der Waals surface area contributed by atoms with Crippen molar-refractivity contribution >= 4 is 5.91 Å². The van der Waals surface area contributed by atoms with Gasteiger partial charge in [0.05, 0.1) is 18.4 Å². The lowest BCUT2D eigenvalue weighted by atomic mass is 10.1. The molecule has 0 spiro atoms. The largest absolute Gasteiger partial charge is 0.487 e. The Morgan fingerprint density at radius 3 is 2.77 bits per heavy atom. The van der Waals surface area contributed by atoms with Gasteiger partial charge in [-0.3, -0.25) is 9.48 Å². The van der Waals surface area contributed by atoms with Crippen LogP contribution < -0.4 is 4.74 Å². The van der Waals surface area contributed by atoms with Gasteiger partial charge in [0.2, 0.25) is 0 Å². The molecule has 1 fully saturated rings. The van der Waals surface area contributed by atoms with Gasteiger partial charge in [0.25, 0.3) is 5.91 Å². The second kappa shape index (κ2) is 7.95. The lowest BCUT2D eigenvalue weighted by molar-refractivity contribution is 0.00703. The Morgan fingerprint density at radius 1 is 1.17 bits per heavy atom. The molecule has 6 heteroatoms. The van der Waals surface area contributed by atoms with Crippen LogP contribution in [0.1, 0.15) is 34.3 Å². The molecule has 0 radical (unpaired) electrons. The minimum Gasteiger partial charge on any atom is -0.487 e. The smallest absolute Gasteiger partial charge is 0.258 e. The molecule has 0 aliphatic carbocycles. The van der Waals surface area contributed by atoms with Crippen molar-refractivity contribution in [2.75, 3.05) is 13.2 Å². The van der Waals surface area contributed by atoms with Gasteiger partial charge in [-0.05, 0) is 35.6 Å².